The van der Waals surface area contributed by atoms with Crippen LogP contribution in [0.4, 0.5) is 5.69 Å². The number of thioether (sulfide) groups is 1. The molecule has 0 bridgehead atoms. The second-order valence-corrected chi connectivity index (χ2v) is 6.19. The Morgan fingerprint density at radius 2 is 2.30 bits per heavy atom. The summed E-state index contributed by atoms with van der Waals surface area (Å²) in [6, 6.07) is 7.92. The number of aliphatic hydroxyl groups excluding tert-OH is 1. The Morgan fingerprint density at radius 1 is 1.55 bits per heavy atom. The zero-order valence-electron chi connectivity index (χ0n) is 11.9. The molecule has 1 aliphatic heterocycles. The molecule has 1 aliphatic rings. The number of carbonyl (C=O) groups excluding carboxylic acids is 1. The third-order valence-electron chi connectivity index (χ3n) is 3.81. The average Bonchev–Trinajstić information content (AvgIpc) is 2.47. The van der Waals surface area contributed by atoms with Crippen molar-refractivity contribution in [1.29, 1.82) is 0 Å². The molecule has 0 spiro atoms. The van der Waals surface area contributed by atoms with Gasteiger partial charge in [0.05, 0.1) is 12.5 Å². The van der Waals surface area contributed by atoms with Crippen molar-refractivity contribution in [2.75, 3.05) is 24.7 Å². The number of aliphatic hydroxyl groups is 1. The number of amides is 1. The Morgan fingerprint density at radius 3 is 3.00 bits per heavy atom. The fourth-order valence-electron chi connectivity index (χ4n) is 2.60. The van der Waals surface area contributed by atoms with Crippen molar-refractivity contribution in [3.05, 3.63) is 29.8 Å². The highest BCUT2D eigenvalue weighted by molar-refractivity contribution is 7.99. The molecule has 0 aliphatic carbocycles. The van der Waals surface area contributed by atoms with Crippen molar-refractivity contribution in [2.45, 2.75) is 30.6 Å². The Bertz CT molecular complexity index is 463. The molecule has 0 saturated carbocycles. The number of anilines is 1. The highest BCUT2D eigenvalue weighted by atomic mass is 32.2. The van der Waals surface area contributed by atoms with E-state index in [0.717, 1.165) is 24.2 Å². The summed E-state index contributed by atoms with van der Waals surface area (Å²) in [5, 5.41) is 15.7. The number of fused-ring (bicyclic) bond motifs is 1. The number of para-hydroxylation sites is 1. The van der Waals surface area contributed by atoms with Crippen LogP contribution in [-0.2, 0) is 4.79 Å². The fraction of sp³-hybridized carbons (Fsp3) is 0.533. The van der Waals surface area contributed by atoms with Crippen molar-refractivity contribution in [1.82, 2.24) is 5.32 Å². The van der Waals surface area contributed by atoms with Gasteiger partial charge in [-0.05, 0) is 31.2 Å². The van der Waals surface area contributed by atoms with Gasteiger partial charge in [0.15, 0.2) is 0 Å². The van der Waals surface area contributed by atoms with Gasteiger partial charge >= 0.3 is 0 Å². The fourth-order valence-corrected chi connectivity index (χ4v) is 3.22. The van der Waals surface area contributed by atoms with Gasteiger partial charge in [0.1, 0.15) is 0 Å². The highest BCUT2D eigenvalue weighted by Gasteiger charge is 2.28. The molecule has 3 atom stereocenters. The number of carbonyl (C=O) groups is 1. The second-order valence-electron chi connectivity index (χ2n) is 5.11. The summed E-state index contributed by atoms with van der Waals surface area (Å²) in [4.78, 5) is 12.5. The Kier molecular flexibility index (Phi) is 5.31. The van der Waals surface area contributed by atoms with Crippen LogP contribution in [0.1, 0.15) is 24.8 Å². The zero-order chi connectivity index (χ0) is 14.5. The molecule has 4 nitrogen and oxygen atoms in total. The lowest BCUT2D eigenvalue weighted by atomic mass is 9.90. The first kappa shape index (κ1) is 15.2. The van der Waals surface area contributed by atoms with E-state index in [1.54, 1.807) is 11.8 Å². The van der Waals surface area contributed by atoms with Crippen molar-refractivity contribution in [3.63, 3.8) is 0 Å². The van der Waals surface area contributed by atoms with Crippen molar-refractivity contribution in [2.24, 2.45) is 0 Å². The van der Waals surface area contributed by atoms with Gasteiger partial charge in [0.2, 0.25) is 5.91 Å². The number of rotatable bonds is 5. The monoisotopic (exact) mass is 294 g/mol. The summed E-state index contributed by atoms with van der Waals surface area (Å²) in [7, 11) is 0. The van der Waals surface area contributed by atoms with Crippen LogP contribution < -0.4 is 10.6 Å². The van der Waals surface area contributed by atoms with Gasteiger partial charge in [-0.3, -0.25) is 4.79 Å². The van der Waals surface area contributed by atoms with Crippen LogP contribution in [0.2, 0.25) is 0 Å². The maximum atomic E-state index is 12.5. The van der Waals surface area contributed by atoms with E-state index in [1.165, 1.54) is 0 Å². The van der Waals surface area contributed by atoms with Gasteiger partial charge in [-0.2, -0.15) is 11.8 Å². The molecule has 0 radical (unpaired) electrons. The molecule has 5 heteroatoms. The van der Waals surface area contributed by atoms with Crippen molar-refractivity contribution >= 4 is 23.4 Å². The van der Waals surface area contributed by atoms with Crippen LogP contribution in [0.25, 0.3) is 0 Å². The van der Waals surface area contributed by atoms with Crippen LogP contribution in [0.3, 0.4) is 0 Å². The quantitative estimate of drug-likeness (QED) is 0.775. The molecule has 0 aromatic heterocycles. The summed E-state index contributed by atoms with van der Waals surface area (Å²) in [6.45, 7) is 2.84. The first-order valence-electron chi connectivity index (χ1n) is 6.94. The van der Waals surface area contributed by atoms with Gasteiger partial charge in [0.25, 0.3) is 0 Å². The smallest absolute Gasteiger partial charge is 0.227 e. The van der Waals surface area contributed by atoms with E-state index in [0.29, 0.717) is 0 Å². The van der Waals surface area contributed by atoms with Crippen LogP contribution in [0.15, 0.2) is 24.3 Å². The molecule has 1 aromatic carbocycles. The van der Waals surface area contributed by atoms with E-state index < -0.39 is 0 Å². The maximum absolute atomic E-state index is 12.5. The number of benzene rings is 1. The molecule has 2 rings (SSSR count). The standard InChI is InChI=1S/C15H22N2O2S/c1-10(14(9-18)20-2)17-15(19)12-7-8-16-13-6-4-3-5-11(12)13/h3-6,10,12,14,16,18H,7-9H2,1-2H3,(H,17,19). The van der Waals surface area contributed by atoms with Gasteiger partial charge in [-0.1, -0.05) is 18.2 Å². The second kappa shape index (κ2) is 6.99. The maximum Gasteiger partial charge on any atom is 0.227 e. The summed E-state index contributed by atoms with van der Waals surface area (Å²) in [5.41, 5.74) is 2.11. The summed E-state index contributed by atoms with van der Waals surface area (Å²) >= 11 is 1.58. The molecule has 3 N–H and O–H groups in total. The first-order valence-corrected chi connectivity index (χ1v) is 8.23. The van der Waals surface area contributed by atoms with Crippen LogP contribution in [-0.4, -0.2) is 41.7 Å². The van der Waals surface area contributed by atoms with Gasteiger partial charge in [-0.15, -0.1) is 0 Å². The predicted molar refractivity (Wildman–Crippen MR) is 84.3 cm³/mol. The summed E-state index contributed by atoms with van der Waals surface area (Å²) < 4.78 is 0. The lowest BCUT2D eigenvalue weighted by Gasteiger charge is -2.28. The molecular weight excluding hydrogens is 272 g/mol. The molecule has 1 aromatic rings. The highest BCUT2D eigenvalue weighted by Crippen LogP contribution is 2.31. The van der Waals surface area contributed by atoms with Gasteiger partial charge < -0.3 is 15.7 Å². The third-order valence-corrected chi connectivity index (χ3v) is 4.97. The lowest BCUT2D eigenvalue weighted by Crippen LogP contribution is -2.44. The number of hydrogen-bond acceptors (Lipinski definition) is 4. The minimum absolute atomic E-state index is 0.0375. The number of nitrogens with one attached hydrogen (secondary N) is 2. The number of hydrogen-bond donors (Lipinski definition) is 3. The van der Waals surface area contributed by atoms with E-state index in [9.17, 15) is 9.90 Å². The molecule has 3 unspecified atom stereocenters. The normalized spacial score (nSPS) is 20.4. The van der Waals surface area contributed by atoms with Gasteiger partial charge in [0, 0.05) is 23.5 Å². The van der Waals surface area contributed by atoms with E-state index in [1.807, 2.05) is 37.4 Å². The minimum atomic E-state index is -0.101. The largest absolute Gasteiger partial charge is 0.395 e. The van der Waals surface area contributed by atoms with Crippen LogP contribution in [0.5, 0.6) is 0 Å². The molecule has 0 fully saturated rings. The SMILES string of the molecule is CSC(CO)C(C)NC(=O)C1CCNc2ccccc21. The molecule has 110 valence electrons. The average molecular weight is 294 g/mol. The van der Waals surface area contributed by atoms with Crippen molar-refractivity contribution in [3.8, 4) is 0 Å². The lowest BCUT2D eigenvalue weighted by molar-refractivity contribution is -0.123. The summed E-state index contributed by atoms with van der Waals surface area (Å²) in [5.74, 6) is -0.0463. The summed E-state index contributed by atoms with van der Waals surface area (Å²) in [6.07, 6.45) is 2.75. The minimum Gasteiger partial charge on any atom is -0.395 e. The van der Waals surface area contributed by atoms with E-state index in [2.05, 4.69) is 10.6 Å². The Labute approximate surface area is 124 Å². The van der Waals surface area contributed by atoms with Gasteiger partial charge in [-0.25, -0.2) is 0 Å². The van der Waals surface area contributed by atoms with Crippen LogP contribution in [0, 0.1) is 0 Å². The molecule has 1 heterocycles. The van der Waals surface area contributed by atoms with E-state index >= 15 is 0 Å². The zero-order valence-corrected chi connectivity index (χ0v) is 12.7. The van der Waals surface area contributed by atoms with E-state index in [4.69, 9.17) is 0 Å². The third kappa shape index (κ3) is 3.27. The molecule has 0 saturated heterocycles. The van der Waals surface area contributed by atoms with E-state index in [-0.39, 0.29) is 29.7 Å². The van der Waals surface area contributed by atoms with Crippen molar-refractivity contribution < 1.29 is 9.90 Å². The molecule has 20 heavy (non-hydrogen) atoms. The molecule has 1 amide bonds. The predicted octanol–water partition coefficient (Wildman–Crippen LogP) is 1.81. The Hall–Kier alpha value is -1.20. The topological polar surface area (TPSA) is 61.4 Å². The molecular formula is C15H22N2O2S. The first-order chi connectivity index (χ1) is 9.67. The Balaban J connectivity index is 2.07. The van der Waals surface area contributed by atoms with Crippen LogP contribution >= 0.6 is 11.8 Å².